The molecule has 1 aromatic carbocycles. The third kappa shape index (κ3) is 3.09. The van der Waals surface area contributed by atoms with Crippen LogP contribution >= 0.6 is 11.6 Å². The second kappa shape index (κ2) is 6.09. The molecule has 0 saturated heterocycles. The summed E-state index contributed by atoms with van der Waals surface area (Å²) in [5.74, 6) is -1.21. The Kier molecular flexibility index (Phi) is 4.55. The molecule has 2 fully saturated rings. The largest absolute Gasteiger partial charge is 0.488 e. The van der Waals surface area contributed by atoms with Crippen LogP contribution in [0.2, 0.25) is 5.02 Å². The first-order chi connectivity index (χ1) is 11.8. The highest BCUT2D eigenvalue weighted by atomic mass is 35.5. The van der Waals surface area contributed by atoms with Crippen LogP contribution in [0.4, 0.5) is 4.39 Å². The number of ether oxygens (including phenoxy) is 1. The van der Waals surface area contributed by atoms with Crippen LogP contribution in [0.25, 0.3) is 0 Å². The molecule has 2 bridgehead atoms. The summed E-state index contributed by atoms with van der Waals surface area (Å²) in [5, 5.41) is 0.0780. The van der Waals surface area contributed by atoms with Crippen molar-refractivity contribution >= 4 is 27.5 Å². The number of amides is 1. The van der Waals surface area contributed by atoms with E-state index in [2.05, 4.69) is 20.8 Å². The van der Waals surface area contributed by atoms with Crippen LogP contribution in [-0.2, 0) is 10.0 Å². The number of rotatable bonds is 4. The van der Waals surface area contributed by atoms with Crippen LogP contribution in [-0.4, -0.2) is 26.7 Å². The average Bonchev–Trinajstić information content (AvgIpc) is 2.82. The minimum Gasteiger partial charge on any atom is -0.488 e. The number of sulfonamides is 1. The second-order valence-electron chi connectivity index (χ2n) is 8.18. The summed E-state index contributed by atoms with van der Waals surface area (Å²) >= 11 is 6.19. The predicted molar refractivity (Wildman–Crippen MR) is 97.4 cm³/mol. The van der Waals surface area contributed by atoms with Crippen molar-refractivity contribution in [3.05, 3.63) is 28.5 Å². The Balaban J connectivity index is 1.85. The predicted octanol–water partition coefficient (Wildman–Crippen LogP) is 3.76. The van der Waals surface area contributed by atoms with E-state index in [1.54, 1.807) is 4.72 Å². The van der Waals surface area contributed by atoms with Crippen molar-refractivity contribution in [1.29, 1.82) is 0 Å². The van der Waals surface area contributed by atoms with E-state index >= 15 is 0 Å². The second-order valence-corrected chi connectivity index (χ2v) is 10.3. The Bertz CT molecular complexity index is 870. The molecule has 5 nitrogen and oxygen atoms in total. The molecular formula is C18H23ClFNO4S. The van der Waals surface area contributed by atoms with Crippen LogP contribution in [0.1, 0.15) is 50.4 Å². The van der Waals surface area contributed by atoms with Gasteiger partial charge < -0.3 is 4.74 Å². The summed E-state index contributed by atoms with van der Waals surface area (Å²) in [4.78, 5) is 11.9. The lowest BCUT2D eigenvalue weighted by Gasteiger charge is -2.39. The Morgan fingerprint density at radius 1 is 1.35 bits per heavy atom. The lowest BCUT2D eigenvalue weighted by Crippen LogP contribution is -2.39. The topological polar surface area (TPSA) is 72.5 Å². The zero-order chi connectivity index (χ0) is 19.5. The molecule has 0 aliphatic heterocycles. The third-order valence-corrected chi connectivity index (χ3v) is 7.38. The molecular weight excluding hydrogens is 381 g/mol. The van der Waals surface area contributed by atoms with E-state index in [-0.39, 0.29) is 27.7 Å². The van der Waals surface area contributed by atoms with Crippen LogP contribution in [0.3, 0.4) is 0 Å². The van der Waals surface area contributed by atoms with Crippen molar-refractivity contribution in [2.75, 3.05) is 6.26 Å². The Hall–Kier alpha value is -1.34. The average molecular weight is 404 g/mol. The molecule has 2 aliphatic carbocycles. The quantitative estimate of drug-likeness (QED) is 0.830. The summed E-state index contributed by atoms with van der Waals surface area (Å²) < 4.78 is 44.5. The van der Waals surface area contributed by atoms with Crippen molar-refractivity contribution in [3.8, 4) is 5.75 Å². The van der Waals surface area contributed by atoms with E-state index in [0.29, 0.717) is 5.92 Å². The monoisotopic (exact) mass is 403 g/mol. The highest BCUT2D eigenvalue weighted by molar-refractivity contribution is 7.89. The van der Waals surface area contributed by atoms with Gasteiger partial charge in [-0.1, -0.05) is 32.4 Å². The van der Waals surface area contributed by atoms with Gasteiger partial charge in [0.05, 0.1) is 16.8 Å². The lowest BCUT2D eigenvalue weighted by molar-refractivity contribution is 0.0300. The van der Waals surface area contributed by atoms with E-state index in [1.807, 2.05) is 0 Å². The summed E-state index contributed by atoms with van der Waals surface area (Å²) in [6.07, 6.45) is 3.83. The Labute approximate surface area is 158 Å². The van der Waals surface area contributed by atoms with Crippen molar-refractivity contribution in [2.45, 2.75) is 46.1 Å². The van der Waals surface area contributed by atoms with Gasteiger partial charge in [-0.3, -0.25) is 4.79 Å². The van der Waals surface area contributed by atoms with E-state index in [9.17, 15) is 17.6 Å². The summed E-state index contributed by atoms with van der Waals surface area (Å²) in [6, 6.07) is 2.16. The van der Waals surface area contributed by atoms with Gasteiger partial charge in [-0.25, -0.2) is 17.5 Å². The highest BCUT2D eigenvalue weighted by Gasteiger charge is 2.62. The van der Waals surface area contributed by atoms with E-state index in [0.717, 1.165) is 37.7 Å². The Morgan fingerprint density at radius 2 is 2.00 bits per heavy atom. The Morgan fingerprint density at radius 3 is 2.50 bits per heavy atom. The van der Waals surface area contributed by atoms with Gasteiger partial charge in [-0.05, 0) is 36.7 Å². The van der Waals surface area contributed by atoms with Gasteiger partial charge in [0.25, 0.3) is 5.91 Å². The fourth-order valence-electron chi connectivity index (χ4n) is 4.48. The SMILES string of the molecule is CC1(C)[C@@H]2CC[C@@]1(C)[C@@H](Oc1cc(F)c(C(=O)NS(C)(=O)=O)cc1Cl)C2. The molecule has 8 heteroatoms. The maximum absolute atomic E-state index is 14.4. The smallest absolute Gasteiger partial charge is 0.267 e. The molecule has 0 radical (unpaired) electrons. The molecule has 0 unspecified atom stereocenters. The lowest BCUT2D eigenvalue weighted by atomic mass is 9.70. The van der Waals surface area contributed by atoms with Crippen LogP contribution in [0.15, 0.2) is 12.1 Å². The first-order valence-electron chi connectivity index (χ1n) is 8.53. The molecule has 0 spiro atoms. The van der Waals surface area contributed by atoms with Crippen LogP contribution in [0.5, 0.6) is 5.75 Å². The van der Waals surface area contributed by atoms with E-state index in [1.165, 1.54) is 0 Å². The highest BCUT2D eigenvalue weighted by Crippen LogP contribution is 2.66. The molecule has 1 N–H and O–H groups in total. The van der Waals surface area contributed by atoms with Gasteiger partial charge in [0.15, 0.2) is 0 Å². The van der Waals surface area contributed by atoms with Gasteiger partial charge in [-0.2, -0.15) is 0 Å². The first kappa shape index (κ1) is 19.4. The zero-order valence-corrected chi connectivity index (χ0v) is 16.8. The van der Waals surface area contributed by atoms with Gasteiger partial charge in [0.1, 0.15) is 17.7 Å². The molecule has 26 heavy (non-hydrogen) atoms. The number of carbonyl (C=O) groups excluding carboxylic acids is 1. The molecule has 1 aromatic rings. The fourth-order valence-corrected chi connectivity index (χ4v) is 5.13. The minimum atomic E-state index is -3.80. The van der Waals surface area contributed by atoms with Gasteiger partial charge in [-0.15, -0.1) is 0 Å². The van der Waals surface area contributed by atoms with Crippen molar-refractivity contribution in [3.63, 3.8) is 0 Å². The summed E-state index contributed by atoms with van der Waals surface area (Å²) in [5.41, 5.74) is -0.325. The maximum Gasteiger partial charge on any atom is 0.267 e. The number of fused-ring (bicyclic) bond motifs is 2. The number of halogens is 2. The number of carbonyl (C=O) groups is 1. The van der Waals surface area contributed by atoms with Crippen molar-refractivity contribution in [1.82, 2.24) is 4.72 Å². The fraction of sp³-hybridized carbons (Fsp3) is 0.611. The molecule has 2 saturated carbocycles. The molecule has 0 aromatic heterocycles. The molecule has 3 rings (SSSR count). The third-order valence-electron chi connectivity index (χ3n) is 6.53. The molecule has 3 atom stereocenters. The van der Waals surface area contributed by atoms with E-state index < -0.39 is 27.3 Å². The molecule has 144 valence electrons. The van der Waals surface area contributed by atoms with Gasteiger partial charge >= 0.3 is 0 Å². The molecule has 2 aliphatic rings. The standard InChI is InChI=1S/C18H23ClFNO4S/c1-17(2)10-5-6-18(17,3)15(7-10)25-14-9-13(20)11(8-12(14)19)16(22)21-26(4,23)24/h8-10,15H,5-7H2,1-4H3,(H,21,22)/t10-,15+,18+/m1/s1. The van der Waals surface area contributed by atoms with Crippen LogP contribution in [0, 0.1) is 22.6 Å². The zero-order valence-electron chi connectivity index (χ0n) is 15.2. The van der Waals surface area contributed by atoms with Crippen LogP contribution < -0.4 is 9.46 Å². The summed E-state index contributed by atoms with van der Waals surface area (Å²) in [6.45, 7) is 6.69. The molecule has 0 heterocycles. The van der Waals surface area contributed by atoms with Crippen molar-refractivity contribution < 1.29 is 22.3 Å². The van der Waals surface area contributed by atoms with Gasteiger partial charge in [0.2, 0.25) is 10.0 Å². The maximum atomic E-state index is 14.4. The normalized spacial score (nSPS) is 29.6. The molecule has 1 amide bonds. The summed E-state index contributed by atoms with van der Waals surface area (Å²) in [7, 11) is -3.80. The number of hydrogen-bond acceptors (Lipinski definition) is 4. The minimum absolute atomic E-state index is 0.0240. The van der Waals surface area contributed by atoms with Crippen molar-refractivity contribution in [2.24, 2.45) is 16.7 Å². The number of hydrogen-bond donors (Lipinski definition) is 1. The first-order valence-corrected chi connectivity index (χ1v) is 10.8. The van der Waals surface area contributed by atoms with E-state index in [4.69, 9.17) is 16.3 Å². The number of nitrogens with one attached hydrogen (secondary N) is 1. The number of benzene rings is 1. The van der Waals surface area contributed by atoms with Gasteiger partial charge in [0, 0.05) is 11.5 Å².